The molecule has 2 N–H and O–H groups in total. The van der Waals surface area contributed by atoms with Gasteiger partial charge in [-0.25, -0.2) is 9.18 Å². The van der Waals surface area contributed by atoms with Gasteiger partial charge in [0.1, 0.15) is 17.3 Å². The van der Waals surface area contributed by atoms with Crippen molar-refractivity contribution in [3.8, 4) is 11.5 Å². The van der Waals surface area contributed by atoms with Crippen molar-refractivity contribution in [2.45, 2.75) is 12.5 Å². The van der Waals surface area contributed by atoms with E-state index in [0.717, 1.165) is 0 Å². The molecule has 0 saturated carbocycles. The summed E-state index contributed by atoms with van der Waals surface area (Å²) < 4.78 is 23.4. The lowest BCUT2D eigenvalue weighted by Crippen LogP contribution is -2.39. The first-order chi connectivity index (χ1) is 13.0. The number of benzene rings is 2. The molecule has 0 radical (unpaired) electrons. The first kappa shape index (κ1) is 18.5. The van der Waals surface area contributed by atoms with Gasteiger partial charge in [0.15, 0.2) is 0 Å². The predicted molar refractivity (Wildman–Crippen MR) is 98.9 cm³/mol. The summed E-state index contributed by atoms with van der Waals surface area (Å²) >= 11 is 0. The second-order valence-electron chi connectivity index (χ2n) is 6.05. The van der Waals surface area contributed by atoms with Crippen LogP contribution < -0.4 is 25.0 Å². The number of hydrogen-bond acceptors (Lipinski definition) is 4. The van der Waals surface area contributed by atoms with E-state index in [1.807, 2.05) is 0 Å². The zero-order chi connectivity index (χ0) is 19.4. The van der Waals surface area contributed by atoms with Crippen molar-refractivity contribution in [2.75, 3.05) is 31.0 Å². The minimum Gasteiger partial charge on any atom is -0.497 e. The molecule has 27 heavy (non-hydrogen) atoms. The largest absolute Gasteiger partial charge is 0.497 e. The molecule has 1 aliphatic rings. The number of nitrogens with zero attached hydrogens (tertiary/aromatic N) is 1. The molecule has 0 spiro atoms. The van der Waals surface area contributed by atoms with Gasteiger partial charge in [0.25, 0.3) is 0 Å². The summed E-state index contributed by atoms with van der Waals surface area (Å²) in [6.07, 6.45) is 0.167. The predicted octanol–water partition coefficient (Wildman–Crippen LogP) is 2.77. The molecule has 7 nitrogen and oxygen atoms in total. The van der Waals surface area contributed by atoms with Gasteiger partial charge >= 0.3 is 6.03 Å². The number of halogens is 1. The summed E-state index contributed by atoms with van der Waals surface area (Å²) in [5.74, 6) is 0.559. The number of methoxy groups -OCH3 is 2. The standard InChI is InChI=1S/C19H20FN3O4/c1-26-15-7-8-17(27-2)16(10-15)22-19(25)21-13-9-18(24)23(11-13)14-5-3-12(20)4-6-14/h3-8,10,13H,9,11H2,1-2H3,(H2,21,22,25)/t13-/m1/s1. The van der Waals surface area contributed by atoms with Crippen molar-refractivity contribution in [3.63, 3.8) is 0 Å². The molecule has 142 valence electrons. The maximum atomic E-state index is 13.1. The quantitative estimate of drug-likeness (QED) is 0.845. The van der Waals surface area contributed by atoms with Gasteiger partial charge in [-0.15, -0.1) is 0 Å². The molecule has 1 atom stereocenters. The molecular weight excluding hydrogens is 353 g/mol. The third-order valence-electron chi connectivity index (χ3n) is 4.25. The van der Waals surface area contributed by atoms with Crippen LogP contribution in [0.25, 0.3) is 0 Å². The van der Waals surface area contributed by atoms with Crippen LogP contribution in [0.15, 0.2) is 42.5 Å². The Morgan fingerprint density at radius 2 is 1.89 bits per heavy atom. The van der Waals surface area contributed by atoms with E-state index in [9.17, 15) is 14.0 Å². The maximum Gasteiger partial charge on any atom is 0.319 e. The van der Waals surface area contributed by atoms with E-state index in [-0.39, 0.29) is 24.2 Å². The van der Waals surface area contributed by atoms with Gasteiger partial charge in [-0.3, -0.25) is 4.79 Å². The number of rotatable bonds is 5. The van der Waals surface area contributed by atoms with Crippen LogP contribution in [0.1, 0.15) is 6.42 Å². The van der Waals surface area contributed by atoms with Gasteiger partial charge in [-0.2, -0.15) is 0 Å². The molecule has 1 saturated heterocycles. The summed E-state index contributed by atoms with van der Waals surface area (Å²) in [5.41, 5.74) is 1.05. The summed E-state index contributed by atoms with van der Waals surface area (Å²) in [5, 5.41) is 5.48. The van der Waals surface area contributed by atoms with Crippen LogP contribution in [0, 0.1) is 5.82 Å². The van der Waals surface area contributed by atoms with Crippen LogP contribution in [-0.4, -0.2) is 38.7 Å². The van der Waals surface area contributed by atoms with Crippen LogP contribution in [0.2, 0.25) is 0 Å². The number of carbonyl (C=O) groups excluding carboxylic acids is 2. The zero-order valence-corrected chi connectivity index (χ0v) is 15.0. The molecule has 8 heteroatoms. The number of anilines is 2. The number of ether oxygens (including phenoxy) is 2. The fraction of sp³-hybridized carbons (Fsp3) is 0.263. The highest BCUT2D eigenvalue weighted by atomic mass is 19.1. The SMILES string of the molecule is COc1ccc(OC)c(NC(=O)N[C@@H]2CC(=O)N(c3ccc(F)cc3)C2)c1. The summed E-state index contributed by atoms with van der Waals surface area (Å²) in [7, 11) is 3.03. The number of carbonyl (C=O) groups is 2. The Labute approximate surface area is 156 Å². The molecule has 1 fully saturated rings. The normalized spacial score (nSPS) is 16.2. The van der Waals surface area contributed by atoms with E-state index in [4.69, 9.17) is 9.47 Å². The lowest BCUT2D eigenvalue weighted by molar-refractivity contribution is -0.117. The van der Waals surface area contributed by atoms with Gasteiger partial charge in [0.05, 0.1) is 25.9 Å². The highest BCUT2D eigenvalue weighted by Gasteiger charge is 2.31. The van der Waals surface area contributed by atoms with E-state index in [2.05, 4.69) is 10.6 Å². The van der Waals surface area contributed by atoms with Crippen LogP contribution in [-0.2, 0) is 4.79 Å². The minimum absolute atomic E-state index is 0.133. The Kier molecular flexibility index (Phi) is 5.44. The molecule has 0 aromatic heterocycles. The Balaban J connectivity index is 1.63. The molecule has 2 aromatic carbocycles. The zero-order valence-electron chi connectivity index (χ0n) is 15.0. The highest BCUT2D eigenvalue weighted by Crippen LogP contribution is 2.29. The Bertz CT molecular complexity index is 841. The Morgan fingerprint density at radius 3 is 2.56 bits per heavy atom. The Morgan fingerprint density at radius 1 is 1.15 bits per heavy atom. The van der Waals surface area contributed by atoms with Crippen molar-refractivity contribution in [1.82, 2.24) is 5.32 Å². The van der Waals surface area contributed by atoms with Gasteiger partial charge in [-0.1, -0.05) is 0 Å². The van der Waals surface area contributed by atoms with Crippen LogP contribution in [0.3, 0.4) is 0 Å². The van der Waals surface area contributed by atoms with E-state index >= 15 is 0 Å². The van der Waals surface area contributed by atoms with Gasteiger partial charge < -0.3 is 25.0 Å². The number of hydrogen-bond donors (Lipinski definition) is 2. The summed E-state index contributed by atoms with van der Waals surface area (Å²) in [4.78, 5) is 26.1. The van der Waals surface area contributed by atoms with Crippen molar-refractivity contribution >= 4 is 23.3 Å². The molecule has 1 heterocycles. The van der Waals surface area contributed by atoms with E-state index in [1.54, 1.807) is 18.2 Å². The molecule has 3 amide bonds. The van der Waals surface area contributed by atoms with E-state index in [1.165, 1.54) is 43.4 Å². The molecule has 0 bridgehead atoms. The van der Waals surface area contributed by atoms with Gasteiger partial charge in [0.2, 0.25) is 5.91 Å². The Hall–Kier alpha value is -3.29. The summed E-state index contributed by atoms with van der Waals surface area (Å²) in [6, 6.07) is 9.90. The van der Waals surface area contributed by atoms with Crippen molar-refractivity contribution in [3.05, 3.63) is 48.3 Å². The first-order valence-corrected chi connectivity index (χ1v) is 8.35. The lowest BCUT2D eigenvalue weighted by Gasteiger charge is -2.18. The second kappa shape index (κ2) is 7.94. The monoisotopic (exact) mass is 373 g/mol. The number of amides is 3. The summed E-state index contributed by atoms with van der Waals surface area (Å²) in [6.45, 7) is 0.313. The molecular formula is C19H20FN3O4. The smallest absolute Gasteiger partial charge is 0.319 e. The lowest BCUT2D eigenvalue weighted by atomic mass is 10.2. The van der Waals surface area contributed by atoms with Gasteiger partial charge in [-0.05, 0) is 36.4 Å². The van der Waals surface area contributed by atoms with Crippen molar-refractivity contribution in [1.29, 1.82) is 0 Å². The number of nitrogens with one attached hydrogen (secondary N) is 2. The first-order valence-electron chi connectivity index (χ1n) is 8.35. The van der Waals surface area contributed by atoms with E-state index < -0.39 is 6.03 Å². The van der Waals surface area contributed by atoms with Crippen LogP contribution in [0.5, 0.6) is 11.5 Å². The average molecular weight is 373 g/mol. The van der Waals surface area contributed by atoms with Crippen molar-refractivity contribution < 1.29 is 23.5 Å². The molecule has 0 unspecified atom stereocenters. The van der Waals surface area contributed by atoms with Crippen LogP contribution >= 0.6 is 0 Å². The fourth-order valence-electron chi connectivity index (χ4n) is 2.93. The maximum absolute atomic E-state index is 13.1. The van der Waals surface area contributed by atoms with Crippen LogP contribution in [0.4, 0.5) is 20.6 Å². The molecule has 0 aliphatic carbocycles. The molecule has 1 aliphatic heterocycles. The molecule has 2 aromatic rings. The van der Waals surface area contributed by atoms with E-state index in [0.29, 0.717) is 29.4 Å². The third kappa shape index (κ3) is 4.28. The fourth-order valence-corrected chi connectivity index (χ4v) is 2.93. The topological polar surface area (TPSA) is 79.9 Å². The van der Waals surface area contributed by atoms with Crippen molar-refractivity contribution in [2.24, 2.45) is 0 Å². The highest BCUT2D eigenvalue weighted by molar-refractivity contribution is 5.98. The average Bonchev–Trinajstić information content (AvgIpc) is 3.02. The van der Waals surface area contributed by atoms with Gasteiger partial charge in [0, 0.05) is 24.7 Å². The minimum atomic E-state index is -0.458. The third-order valence-corrected chi connectivity index (χ3v) is 4.25. The molecule has 3 rings (SSSR count). The second-order valence-corrected chi connectivity index (χ2v) is 6.05. The number of urea groups is 1.